The van der Waals surface area contributed by atoms with E-state index in [1.165, 1.54) is 0 Å². The van der Waals surface area contributed by atoms with Crippen LogP contribution in [0.25, 0.3) is 0 Å². The van der Waals surface area contributed by atoms with E-state index in [0.717, 1.165) is 28.3 Å². The normalized spacial score (nSPS) is 24.2. The minimum Gasteiger partial charge on any atom is -0.494 e. The Kier molecular flexibility index (Phi) is 3.60. The molecule has 2 unspecified atom stereocenters. The molecule has 0 saturated carbocycles. The quantitative estimate of drug-likeness (QED) is 0.914. The number of ether oxygens (including phenoxy) is 2. The zero-order valence-electron chi connectivity index (χ0n) is 14.7. The summed E-state index contributed by atoms with van der Waals surface area (Å²) in [6.45, 7) is 6.58. The first-order chi connectivity index (χ1) is 12.0. The van der Waals surface area contributed by atoms with Gasteiger partial charge in [-0.05, 0) is 51.1 Å². The van der Waals surface area contributed by atoms with Crippen LogP contribution >= 0.6 is 0 Å². The van der Waals surface area contributed by atoms with Crippen molar-refractivity contribution in [3.8, 4) is 11.5 Å². The molecule has 0 radical (unpaired) electrons. The van der Waals surface area contributed by atoms with Crippen molar-refractivity contribution in [3.63, 3.8) is 0 Å². The lowest BCUT2D eigenvalue weighted by Crippen LogP contribution is -2.65. The molecule has 25 heavy (non-hydrogen) atoms. The van der Waals surface area contributed by atoms with Crippen LogP contribution in [0.4, 0.5) is 10.5 Å². The molecule has 2 aliphatic heterocycles. The summed E-state index contributed by atoms with van der Waals surface area (Å²) in [5.74, 6) is 1.62. The molecule has 2 heterocycles. The van der Waals surface area contributed by atoms with Gasteiger partial charge < -0.3 is 14.8 Å². The lowest BCUT2D eigenvalue weighted by molar-refractivity contribution is 0.0378. The number of urea groups is 1. The first-order valence-electron chi connectivity index (χ1n) is 8.63. The van der Waals surface area contributed by atoms with Gasteiger partial charge in [-0.3, -0.25) is 4.90 Å². The molecule has 2 atom stereocenters. The number of hydrogen-bond acceptors (Lipinski definition) is 3. The number of anilines is 1. The molecule has 1 fully saturated rings. The predicted octanol–water partition coefficient (Wildman–Crippen LogP) is 4.16. The Balaban J connectivity index is 1.71. The molecule has 2 amide bonds. The molecular weight excluding hydrogens is 316 g/mol. The van der Waals surface area contributed by atoms with Gasteiger partial charge in [-0.1, -0.05) is 17.7 Å². The first kappa shape index (κ1) is 15.8. The van der Waals surface area contributed by atoms with Gasteiger partial charge in [0.1, 0.15) is 11.5 Å². The third kappa shape index (κ3) is 2.60. The minimum absolute atomic E-state index is 0.0277. The number of benzene rings is 2. The number of nitrogens with one attached hydrogen (secondary N) is 1. The van der Waals surface area contributed by atoms with E-state index < -0.39 is 5.72 Å². The lowest BCUT2D eigenvalue weighted by Gasteiger charge is -2.50. The Labute approximate surface area is 147 Å². The number of fused-ring (bicyclic) bond motifs is 4. The Bertz CT molecular complexity index is 818. The molecule has 5 heteroatoms. The SMILES string of the molecule is CCOc1ccc(N2C(=O)NC3CC2(C)Oc2ccc(C)cc23)cc1. The largest absolute Gasteiger partial charge is 0.494 e. The van der Waals surface area contributed by atoms with Crippen LogP contribution in [-0.4, -0.2) is 18.4 Å². The summed E-state index contributed by atoms with van der Waals surface area (Å²) in [6.07, 6.45) is 0.697. The second-order valence-electron chi connectivity index (χ2n) is 6.79. The fourth-order valence-corrected chi connectivity index (χ4v) is 3.74. The van der Waals surface area contributed by atoms with Crippen molar-refractivity contribution in [2.45, 2.75) is 39.0 Å². The summed E-state index contributed by atoms with van der Waals surface area (Å²) in [6, 6.07) is 13.5. The van der Waals surface area contributed by atoms with Crippen LogP contribution in [0.1, 0.15) is 37.4 Å². The van der Waals surface area contributed by atoms with Gasteiger partial charge in [0.05, 0.1) is 12.6 Å². The highest BCUT2D eigenvalue weighted by Gasteiger charge is 2.49. The second kappa shape index (κ2) is 5.69. The molecule has 130 valence electrons. The number of carbonyl (C=O) groups is 1. The van der Waals surface area contributed by atoms with E-state index in [9.17, 15) is 4.79 Å². The van der Waals surface area contributed by atoms with Crippen LogP contribution in [0.3, 0.4) is 0 Å². The van der Waals surface area contributed by atoms with Crippen molar-refractivity contribution in [3.05, 3.63) is 53.6 Å². The highest BCUT2D eigenvalue weighted by Crippen LogP contribution is 2.45. The van der Waals surface area contributed by atoms with Gasteiger partial charge in [-0.15, -0.1) is 0 Å². The molecule has 0 aliphatic carbocycles. The Hall–Kier alpha value is -2.69. The van der Waals surface area contributed by atoms with E-state index in [1.54, 1.807) is 4.90 Å². The first-order valence-corrected chi connectivity index (χ1v) is 8.63. The number of amides is 2. The maximum Gasteiger partial charge on any atom is 0.325 e. The fourth-order valence-electron chi connectivity index (χ4n) is 3.74. The number of hydrogen-bond donors (Lipinski definition) is 1. The summed E-state index contributed by atoms with van der Waals surface area (Å²) in [5, 5.41) is 3.12. The Morgan fingerprint density at radius 2 is 2.04 bits per heavy atom. The molecule has 2 bridgehead atoms. The van der Waals surface area contributed by atoms with Gasteiger partial charge in [0.15, 0.2) is 5.72 Å². The number of aryl methyl sites for hydroxylation is 1. The molecule has 5 nitrogen and oxygen atoms in total. The van der Waals surface area contributed by atoms with E-state index >= 15 is 0 Å². The highest BCUT2D eigenvalue weighted by atomic mass is 16.5. The van der Waals surface area contributed by atoms with Crippen molar-refractivity contribution in [2.75, 3.05) is 11.5 Å². The monoisotopic (exact) mass is 338 g/mol. The number of nitrogens with zero attached hydrogens (tertiary/aromatic N) is 1. The molecule has 1 saturated heterocycles. The average molecular weight is 338 g/mol. The summed E-state index contributed by atoms with van der Waals surface area (Å²) < 4.78 is 11.8. The molecule has 2 aromatic carbocycles. The summed E-state index contributed by atoms with van der Waals surface area (Å²) in [5.41, 5.74) is 2.28. The zero-order chi connectivity index (χ0) is 17.6. The van der Waals surface area contributed by atoms with Gasteiger partial charge in [0.25, 0.3) is 0 Å². The summed E-state index contributed by atoms with van der Waals surface area (Å²) in [4.78, 5) is 14.5. The maximum atomic E-state index is 12.8. The van der Waals surface area contributed by atoms with E-state index in [1.807, 2.05) is 57.2 Å². The van der Waals surface area contributed by atoms with Gasteiger partial charge in [0.2, 0.25) is 0 Å². The highest BCUT2D eigenvalue weighted by molar-refractivity contribution is 5.95. The molecule has 2 aliphatic rings. The van der Waals surface area contributed by atoms with E-state index in [4.69, 9.17) is 9.47 Å². The van der Waals surface area contributed by atoms with Gasteiger partial charge >= 0.3 is 6.03 Å². The number of rotatable bonds is 3. The smallest absolute Gasteiger partial charge is 0.325 e. The van der Waals surface area contributed by atoms with Gasteiger partial charge in [-0.25, -0.2) is 4.79 Å². The summed E-state index contributed by atoms with van der Waals surface area (Å²) >= 11 is 0. The van der Waals surface area contributed by atoms with Crippen LogP contribution in [0.5, 0.6) is 11.5 Å². The predicted molar refractivity (Wildman–Crippen MR) is 96.2 cm³/mol. The van der Waals surface area contributed by atoms with Crippen LogP contribution in [0.2, 0.25) is 0 Å². The Morgan fingerprint density at radius 3 is 2.76 bits per heavy atom. The second-order valence-corrected chi connectivity index (χ2v) is 6.79. The Morgan fingerprint density at radius 1 is 1.28 bits per heavy atom. The third-order valence-electron chi connectivity index (χ3n) is 4.83. The summed E-state index contributed by atoms with van der Waals surface area (Å²) in [7, 11) is 0. The molecular formula is C20H22N2O3. The molecule has 2 aromatic rings. The molecule has 4 rings (SSSR count). The van der Waals surface area contributed by atoms with Crippen LogP contribution in [0.15, 0.2) is 42.5 Å². The van der Waals surface area contributed by atoms with E-state index in [0.29, 0.717) is 13.0 Å². The topological polar surface area (TPSA) is 50.8 Å². The van der Waals surface area contributed by atoms with Crippen LogP contribution in [0, 0.1) is 6.92 Å². The maximum absolute atomic E-state index is 12.8. The third-order valence-corrected chi connectivity index (χ3v) is 4.83. The van der Waals surface area contributed by atoms with Gasteiger partial charge in [0, 0.05) is 17.7 Å². The van der Waals surface area contributed by atoms with E-state index in [2.05, 4.69) is 11.4 Å². The molecule has 0 aromatic heterocycles. The molecule has 0 spiro atoms. The van der Waals surface area contributed by atoms with Crippen molar-refractivity contribution in [1.82, 2.24) is 5.32 Å². The standard InChI is InChI=1S/C20H22N2O3/c1-4-24-15-8-6-14(7-9-15)22-19(23)21-17-12-20(22,3)25-18-10-5-13(2)11-16(17)18/h5-11,17H,4,12H2,1-3H3,(H,21,23). The minimum atomic E-state index is -0.720. The number of carbonyl (C=O) groups excluding carboxylic acids is 1. The van der Waals surface area contributed by atoms with E-state index in [-0.39, 0.29) is 12.1 Å². The van der Waals surface area contributed by atoms with Crippen molar-refractivity contribution < 1.29 is 14.3 Å². The van der Waals surface area contributed by atoms with Crippen molar-refractivity contribution in [2.24, 2.45) is 0 Å². The lowest BCUT2D eigenvalue weighted by atomic mass is 9.89. The van der Waals surface area contributed by atoms with Crippen LogP contribution < -0.4 is 19.7 Å². The van der Waals surface area contributed by atoms with Crippen molar-refractivity contribution in [1.29, 1.82) is 0 Å². The average Bonchev–Trinajstić information content (AvgIpc) is 2.57. The molecule has 1 N–H and O–H groups in total. The fraction of sp³-hybridized carbons (Fsp3) is 0.350. The van der Waals surface area contributed by atoms with Gasteiger partial charge in [-0.2, -0.15) is 0 Å². The van der Waals surface area contributed by atoms with Crippen molar-refractivity contribution >= 4 is 11.7 Å². The zero-order valence-corrected chi connectivity index (χ0v) is 14.7. The van der Waals surface area contributed by atoms with Crippen LogP contribution in [-0.2, 0) is 0 Å².